The molecule has 0 N–H and O–H groups in total. The molecule has 3 aromatic heterocycles. The Morgan fingerprint density at radius 2 is 1.62 bits per heavy atom. The SMILES string of the molecule is N#Cc1cncc(-c2ccc3nccc(-c4ccncc4)c3c2)c1. The summed E-state index contributed by atoms with van der Waals surface area (Å²) in [5.74, 6) is 0. The monoisotopic (exact) mass is 308 g/mol. The number of rotatable bonds is 2. The molecule has 0 aliphatic rings. The first-order valence-electron chi connectivity index (χ1n) is 7.50. The van der Waals surface area contributed by atoms with E-state index >= 15 is 0 Å². The lowest BCUT2D eigenvalue weighted by molar-refractivity contribution is 1.30. The van der Waals surface area contributed by atoms with Crippen LogP contribution < -0.4 is 0 Å². The van der Waals surface area contributed by atoms with Crippen molar-refractivity contribution in [3.8, 4) is 28.3 Å². The van der Waals surface area contributed by atoms with Crippen LogP contribution in [0.3, 0.4) is 0 Å². The summed E-state index contributed by atoms with van der Waals surface area (Å²) in [6.07, 6.45) is 8.71. The van der Waals surface area contributed by atoms with Crippen LogP contribution in [0.25, 0.3) is 33.2 Å². The van der Waals surface area contributed by atoms with Crippen molar-refractivity contribution in [1.82, 2.24) is 15.0 Å². The smallest absolute Gasteiger partial charge is 0.101 e. The minimum absolute atomic E-state index is 0.549. The van der Waals surface area contributed by atoms with Gasteiger partial charge in [0, 0.05) is 41.9 Å². The van der Waals surface area contributed by atoms with Crippen molar-refractivity contribution in [1.29, 1.82) is 5.26 Å². The maximum Gasteiger partial charge on any atom is 0.101 e. The summed E-state index contributed by atoms with van der Waals surface area (Å²) in [7, 11) is 0. The zero-order valence-electron chi connectivity index (χ0n) is 12.7. The topological polar surface area (TPSA) is 62.5 Å². The molecule has 0 aliphatic carbocycles. The number of hydrogen-bond acceptors (Lipinski definition) is 4. The van der Waals surface area contributed by atoms with Crippen LogP contribution in [0.2, 0.25) is 0 Å². The van der Waals surface area contributed by atoms with Crippen molar-refractivity contribution >= 4 is 10.9 Å². The molecule has 4 aromatic rings. The Labute approximate surface area is 139 Å². The highest BCUT2D eigenvalue weighted by molar-refractivity contribution is 5.96. The fraction of sp³-hybridized carbons (Fsp3) is 0. The minimum Gasteiger partial charge on any atom is -0.265 e. The van der Waals surface area contributed by atoms with Gasteiger partial charge in [0.2, 0.25) is 0 Å². The molecule has 0 radical (unpaired) electrons. The van der Waals surface area contributed by atoms with Crippen molar-refractivity contribution < 1.29 is 0 Å². The van der Waals surface area contributed by atoms with E-state index in [-0.39, 0.29) is 0 Å². The van der Waals surface area contributed by atoms with Gasteiger partial charge in [0.05, 0.1) is 11.1 Å². The van der Waals surface area contributed by atoms with E-state index in [9.17, 15) is 0 Å². The highest BCUT2D eigenvalue weighted by Crippen LogP contribution is 2.30. The molecular weight excluding hydrogens is 296 g/mol. The summed E-state index contributed by atoms with van der Waals surface area (Å²) < 4.78 is 0. The Kier molecular flexibility index (Phi) is 3.45. The molecule has 4 rings (SSSR count). The molecule has 0 saturated heterocycles. The van der Waals surface area contributed by atoms with Crippen LogP contribution in [0.4, 0.5) is 0 Å². The van der Waals surface area contributed by atoms with Crippen LogP contribution in [0.5, 0.6) is 0 Å². The van der Waals surface area contributed by atoms with E-state index in [0.717, 1.165) is 33.2 Å². The fourth-order valence-electron chi connectivity index (χ4n) is 2.77. The van der Waals surface area contributed by atoms with Gasteiger partial charge in [0.25, 0.3) is 0 Å². The fourth-order valence-corrected chi connectivity index (χ4v) is 2.77. The number of pyridine rings is 3. The van der Waals surface area contributed by atoms with Gasteiger partial charge in [-0.05, 0) is 53.1 Å². The highest BCUT2D eigenvalue weighted by atomic mass is 14.7. The summed E-state index contributed by atoms with van der Waals surface area (Å²) in [5.41, 5.74) is 5.61. The van der Waals surface area contributed by atoms with E-state index in [2.05, 4.69) is 27.1 Å². The molecule has 24 heavy (non-hydrogen) atoms. The normalized spacial score (nSPS) is 10.5. The summed E-state index contributed by atoms with van der Waals surface area (Å²) in [6, 6.07) is 16.0. The molecule has 0 unspecified atom stereocenters. The summed E-state index contributed by atoms with van der Waals surface area (Å²) >= 11 is 0. The molecule has 3 heterocycles. The third kappa shape index (κ3) is 2.49. The molecule has 0 spiro atoms. The Morgan fingerprint density at radius 1 is 0.750 bits per heavy atom. The third-order valence-corrected chi connectivity index (χ3v) is 3.93. The lowest BCUT2D eigenvalue weighted by atomic mass is 9.98. The number of nitriles is 1. The Hall–Kier alpha value is -3.58. The molecule has 0 amide bonds. The predicted octanol–water partition coefficient (Wildman–Crippen LogP) is 4.23. The minimum atomic E-state index is 0.549. The van der Waals surface area contributed by atoms with Crippen LogP contribution in [0.15, 0.2) is 73.4 Å². The van der Waals surface area contributed by atoms with Gasteiger partial charge in [-0.15, -0.1) is 0 Å². The van der Waals surface area contributed by atoms with E-state index in [0.29, 0.717) is 5.56 Å². The van der Waals surface area contributed by atoms with E-state index < -0.39 is 0 Å². The van der Waals surface area contributed by atoms with E-state index in [1.807, 2.05) is 42.6 Å². The Balaban J connectivity index is 1.93. The van der Waals surface area contributed by atoms with Gasteiger partial charge in [0.1, 0.15) is 6.07 Å². The van der Waals surface area contributed by atoms with Crippen molar-refractivity contribution in [3.63, 3.8) is 0 Å². The average Bonchev–Trinajstić information content (AvgIpc) is 2.68. The lowest BCUT2D eigenvalue weighted by Crippen LogP contribution is -1.87. The molecule has 4 nitrogen and oxygen atoms in total. The maximum absolute atomic E-state index is 9.07. The van der Waals surface area contributed by atoms with Crippen molar-refractivity contribution in [2.24, 2.45) is 0 Å². The van der Waals surface area contributed by atoms with Gasteiger partial charge in [-0.1, -0.05) is 6.07 Å². The van der Waals surface area contributed by atoms with Crippen LogP contribution in [-0.4, -0.2) is 15.0 Å². The first-order valence-corrected chi connectivity index (χ1v) is 7.50. The zero-order chi connectivity index (χ0) is 16.4. The standard InChI is InChI=1S/C20H12N4/c21-11-14-9-17(13-23-12-14)16-1-2-20-19(10-16)18(5-8-24-20)15-3-6-22-7-4-15/h1-10,12-13H. The highest BCUT2D eigenvalue weighted by Gasteiger charge is 2.07. The number of benzene rings is 1. The number of aromatic nitrogens is 3. The van der Waals surface area contributed by atoms with Gasteiger partial charge in [-0.2, -0.15) is 5.26 Å². The lowest BCUT2D eigenvalue weighted by Gasteiger charge is -2.08. The van der Waals surface area contributed by atoms with E-state index in [1.54, 1.807) is 24.8 Å². The Bertz CT molecular complexity index is 1070. The Morgan fingerprint density at radius 3 is 2.46 bits per heavy atom. The van der Waals surface area contributed by atoms with Crippen molar-refractivity contribution in [2.45, 2.75) is 0 Å². The zero-order valence-corrected chi connectivity index (χ0v) is 12.7. The quantitative estimate of drug-likeness (QED) is 0.556. The second-order valence-electron chi connectivity index (χ2n) is 5.40. The number of fused-ring (bicyclic) bond motifs is 1. The molecule has 0 bridgehead atoms. The summed E-state index contributed by atoms with van der Waals surface area (Å²) in [4.78, 5) is 12.7. The molecule has 0 saturated carbocycles. The molecule has 0 aliphatic heterocycles. The second kappa shape index (κ2) is 5.90. The van der Waals surface area contributed by atoms with Gasteiger partial charge in [0.15, 0.2) is 0 Å². The molecule has 0 atom stereocenters. The maximum atomic E-state index is 9.07. The van der Waals surface area contributed by atoms with Crippen LogP contribution >= 0.6 is 0 Å². The average molecular weight is 308 g/mol. The first-order chi connectivity index (χ1) is 11.8. The molecule has 0 fully saturated rings. The first kappa shape index (κ1) is 14.0. The predicted molar refractivity (Wildman–Crippen MR) is 92.9 cm³/mol. The van der Waals surface area contributed by atoms with E-state index in [4.69, 9.17) is 5.26 Å². The van der Waals surface area contributed by atoms with Crippen LogP contribution in [-0.2, 0) is 0 Å². The van der Waals surface area contributed by atoms with Crippen molar-refractivity contribution in [2.75, 3.05) is 0 Å². The summed E-state index contributed by atoms with van der Waals surface area (Å²) in [5, 5.41) is 10.1. The van der Waals surface area contributed by atoms with Crippen LogP contribution in [0.1, 0.15) is 5.56 Å². The van der Waals surface area contributed by atoms with Gasteiger partial charge in [-0.3, -0.25) is 15.0 Å². The molecular formula is C20H12N4. The van der Waals surface area contributed by atoms with Gasteiger partial charge < -0.3 is 0 Å². The number of nitrogens with zero attached hydrogens (tertiary/aromatic N) is 4. The third-order valence-electron chi connectivity index (χ3n) is 3.93. The molecule has 112 valence electrons. The van der Waals surface area contributed by atoms with E-state index in [1.165, 1.54) is 0 Å². The summed E-state index contributed by atoms with van der Waals surface area (Å²) in [6.45, 7) is 0. The molecule has 1 aromatic carbocycles. The van der Waals surface area contributed by atoms with Gasteiger partial charge >= 0.3 is 0 Å². The van der Waals surface area contributed by atoms with Crippen LogP contribution in [0, 0.1) is 11.3 Å². The van der Waals surface area contributed by atoms with Crippen molar-refractivity contribution in [3.05, 3.63) is 79.0 Å². The largest absolute Gasteiger partial charge is 0.265 e. The number of hydrogen-bond donors (Lipinski definition) is 0. The van der Waals surface area contributed by atoms with Gasteiger partial charge in [-0.25, -0.2) is 0 Å². The second-order valence-corrected chi connectivity index (χ2v) is 5.40. The molecule has 4 heteroatoms.